The van der Waals surface area contributed by atoms with Crippen LogP contribution in [-0.4, -0.2) is 22.1 Å². The Kier molecular flexibility index (Phi) is 5.11. The van der Waals surface area contributed by atoms with Gasteiger partial charge in [0.05, 0.1) is 12.6 Å². The molecule has 0 atom stereocenters. The average Bonchev–Trinajstić information content (AvgIpc) is 2.74. The first-order valence-electron chi connectivity index (χ1n) is 9.25. The van der Waals surface area contributed by atoms with Gasteiger partial charge in [-0.05, 0) is 48.9 Å². The molecule has 0 spiro atoms. The summed E-state index contributed by atoms with van der Waals surface area (Å²) in [6.45, 7) is 2.56. The largest absolute Gasteiger partial charge is 0.497 e. The van der Waals surface area contributed by atoms with Gasteiger partial charge in [0.25, 0.3) is 0 Å². The van der Waals surface area contributed by atoms with Gasteiger partial charge in [0.2, 0.25) is 0 Å². The topological polar surface area (TPSA) is 98.0 Å². The zero-order valence-electron chi connectivity index (χ0n) is 16.3. The maximum absolute atomic E-state index is 6.32. The molecule has 0 saturated carbocycles. The molecule has 2 aromatic heterocycles. The van der Waals surface area contributed by atoms with Gasteiger partial charge < -0.3 is 21.1 Å². The Morgan fingerprint density at radius 2 is 1.76 bits per heavy atom. The van der Waals surface area contributed by atoms with Crippen LogP contribution in [0.4, 0.5) is 23.0 Å². The summed E-state index contributed by atoms with van der Waals surface area (Å²) < 4.78 is 5.19. The molecule has 0 bridgehead atoms. The Bertz CT molecular complexity index is 1140. The zero-order chi connectivity index (χ0) is 20.2. The van der Waals surface area contributed by atoms with Crippen LogP contribution < -0.4 is 21.1 Å². The third-order valence-corrected chi connectivity index (χ3v) is 4.63. The number of rotatable bonds is 6. The van der Waals surface area contributed by atoms with E-state index in [0.717, 1.165) is 33.6 Å². The number of pyridine rings is 1. The minimum Gasteiger partial charge on any atom is -0.497 e. The summed E-state index contributed by atoms with van der Waals surface area (Å²) in [5.74, 6) is 1.94. The molecule has 0 unspecified atom stereocenters. The summed E-state index contributed by atoms with van der Waals surface area (Å²) in [5, 5.41) is 7.59. The molecule has 4 aromatic rings. The van der Waals surface area contributed by atoms with Crippen LogP contribution in [0.25, 0.3) is 10.9 Å². The van der Waals surface area contributed by atoms with Gasteiger partial charge in [-0.1, -0.05) is 18.2 Å². The number of nitrogens with two attached hydrogens (primary N) is 1. The summed E-state index contributed by atoms with van der Waals surface area (Å²) in [5.41, 5.74) is 10.7. The number of nitrogens with one attached hydrogen (secondary N) is 2. The van der Waals surface area contributed by atoms with Gasteiger partial charge >= 0.3 is 0 Å². The van der Waals surface area contributed by atoms with Crippen LogP contribution in [0.5, 0.6) is 5.75 Å². The van der Waals surface area contributed by atoms with Crippen molar-refractivity contribution in [3.63, 3.8) is 0 Å². The molecular formula is C22H22N6O. The van der Waals surface area contributed by atoms with Crippen molar-refractivity contribution in [2.45, 2.75) is 13.5 Å². The maximum atomic E-state index is 6.32. The highest BCUT2D eigenvalue weighted by Gasteiger charge is 2.10. The number of methoxy groups -OCH3 is 1. The van der Waals surface area contributed by atoms with Gasteiger partial charge in [0.1, 0.15) is 17.8 Å². The van der Waals surface area contributed by atoms with Crippen LogP contribution in [0, 0.1) is 6.92 Å². The number of fused-ring (bicyclic) bond motifs is 1. The third kappa shape index (κ3) is 4.03. The van der Waals surface area contributed by atoms with Crippen molar-refractivity contribution in [3.8, 4) is 5.75 Å². The summed E-state index contributed by atoms with van der Waals surface area (Å²) in [6.07, 6.45) is 1.49. The summed E-state index contributed by atoms with van der Waals surface area (Å²) in [4.78, 5) is 13.2. The van der Waals surface area contributed by atoms with Crippen LogP contribution in [0.1, 0.15) is 11.3 Å². The third-order valence-electron chi connectivity index (χ3n) is 4.63. The summed E-state index contributed by atoms with van der Waals surface area (Å²) in [7, 11) is 1.65. The first-order valence-corrected chi connectivity index (χ1v) is 9.25. The molecule has 0 amide bonds. The van der Waals surface area contributed by atoms with E-state index in [2.05, 4.69) is 25.6 Å². The van der Waals surface area contributed by atoms with E-state index in [-0.39, 0.29) is 0 Å². The number of hydrogen-bond acceptors (Lipinski definition) is 7. The van der Waals surface area contributed by atoms with E-state index in [1.807, 2.05) is 61.5 Å². The molecular weight excluding hydrogens is 364 g/mol. The number of ether oxygens (including phenoxy) is 1. The Morgan fingerprint density at radius 1 is 0.966 bits per heavy atom. The standard InChI is InChI=1S/C22H22N6O/c1-14-6-11-17-18(27-14)4-3-5-19(17)28-22-20(23)21(25-13-26-22)24-12-15-7-9-16(29-2)10-8-15/h3-11,13H,12,23H2,1-2H3,(H2,24,25,26,28). The molecule has 0 aliphatic rings. The second-order valence-electron chi connectivity index (χ2n) is 6.64. The first kappa shape index (κ1) is 18.5. The molecule has 146 valence electrons. The Hall–Kier alpha value is -3.87. The highest BCUT2D eigenvalue weighted by atomic mass is 16.5. The quantitative estimate of drug-likeness (QED) is 0.455. The predicted octanol–water partition coefficient (Wildman–Crippen LogP) is 4.28. The van der Waals surface area contributed by atoms with Gasteiger partial charge in [0, 0.05) is 23.3 Å². The molecule has 4 N–H and O–H groups in total. The van der Waals surface area contributed by atoms with E-state index in [1.165, 1.54) is 6.33 Å². The fraction of sp³-hybridized carbons (Fsp3) is 0.136. The lowest BCUT2D eigenvalue weighted by atomic mass is 10.1. The number of nitrogen functional groups attached to an aromatic ring is 1. The molecule has 0 fully saturated rings. The van der Waals surface area contributed by atoms with E-state index in [1.54, 1.807) is 7.11 Å². The van der Waals surface area contributed by atoms with E-state index < -0.39 is 0 Å². The van der Waals surface area contributed by atoms with Crippen LogP contribution in [0.3, 0.4) is 0 Å². The normalized spacial score (nSPS) is 10.7. The Morgan fingerprint density at radius 3 is 2.55 bits per heavy atom. The van der Waals surface area contributed by atoms with Crippen LogP contribution in [0.2, 0.25) is 0 Å². The number of aryl methyl sites for hydroxylation is 1. The fourth-order valence-corrected chi connectivity index (χ4v) is 3.06. The number of nitrogens with zero attached hydrogens (tertiary/aromatic N) is 3. The lowest BCUT2D eigenvalue weighted by molar-refractivity contribution is 0.414. The molecule has 2 heterocycles. The first-order chi connectivity index (χ1) is 14.1. The SMILES string of the molecule is COc1ccc(CNc2ncnc(Nc3cccc4nc(C)ccc34)c2N)cc1. The van der Waals surface area contributed by atoms with Crippen molar-refractivity contribution in [1.82, 2.24) is 15.0 Å². The van der Waals surface area contributed by atoms with Gasteiger partial charge in [-0.15, -0.1) is 0 Å². The molecule has 2 aromatic carbocycles. The highest BCUT2D eigenvalue weighted by molar-refractivity contribution is 5.94. The fourth-order valence-electron chi connectivity index (χ4n) is 3.06. The number of hydrogen-bond donors (Lipinski definition) is 3. The van der Waals surface area contributed by atoms with Crippen molar-refractivity contribution in [1.29, 1.82) is 0 Å². The molecule has 0 aliphatic heterocycles. The minimum atomic E-state index is 0.457. The van der Waals surface area contributed by atoms with Crippen molar-refractivity contribution in [2.24, 2.45) is 0 Å². The molecule has 7 nitrogen and oxygen atoms in total. The molecule has 4 rings (SSSR count). The predicted molar refractivity (Wildman–Crippen MR) is 117 cm³/mol. The zero-order valence-corrected chi connectivity index (χ0v) is 16.3. The average molecular weight is 386 g/mol. The maximum Gasteiger partial charge on any atom is 0.159 e. The van der Waals surface area contributed by atoms with Gasteiger partial charge in [-0.2, -0.15) is 0 Å². The minimum absolute atomic E-state index is 0.457. The van der Waals surface area contributed by atoms with Crippen LogP contribution in [0.15, 0.2) is 60.9 Å². The van der Waals surface area contributed by atoms with E-state index in [9.17, 15) is 0 Å². The highest BCUT2D eigenvalue weighted by Crippen LogP contribution is 2.30. The molecule has 29 heavy (non-hydrogen) atoms. The smallest absolute Gasteiger partial charge is 0.159 e. The lowest BCUT2D eigenvalue weighted by Gasteiger charge is -2.14. The van der Waals surface area contributed by atoms with E-state index >= 15 is 0 Å². The second kappa shape index (κ2) is 8.02. The summed E-state index contributed by atoms with van der Waals surface area (Å²) in [6, 6.07) is 17.8. The van der Waals surface area contributed by atoms with E-state index in [4.69, 9.17) is 10.5 Å². The molecule has 0 saturated heterocycles. The number of aromatic nitrogens is 3. The van der Waals surface area contributed by atoms with Gasteiger partial charge in [-0.3, -0.25) is 4.98 Å². The van der Waals surface area contributed by atoms with Crippen LogP contribution >= 0.6 is 0 Å². The van der Waals surface area contributed by atoms with E-state index in [0.29, 0.717) is 23.9 Å². The number of benzene rings is 2. The summed E-state index contributed by atoms with van der Waals surface area (Å²) >= 11 is 0. The second-order valence-corrected chi connectivity index (χ2v) is 6.64. The monoisotopic (exact) mass is 386 g/mol. The lowest BCUT2D eigenvalue weighted by Crippen LogP contribution is -2.08. The molecule has 0 aliphatic carbocycles. The Labute approximate surface area is 169 Å². The van der Waals surface area contributed by atoms with Gasteiger partial charge in [-0.25, -0.2) is 9.97 Å². The molecule has 0 radical (unpaired) electrons. The van der Waals surface area contributed by atoms with Crippen LogP contribution in [-0.2, 0) is 6.54 Å². The van der Waals surface area contributed by atoms with Crippen molar-refractivity contribution in [3.05, 3.63) is 72.2 Å². The van der Waals surface area contributed by atoms with Gasteiger partial charge in [0.15, 0.2) is 11.6 Å². The number of anilines is 4. The van der Waals surface area contributed by atoms with Crippen molar-refractivity contribution in [2.75, 3.05) is 23.5 Å². The van der Waals surface area contributed by atoms with Crippen molar-refractivity contribution < 1.29 is 4.74 Å². The Balaban J connectivity index is 1.55. The molecule has 7 heteroatoms. The van der Waals surface area contributed by atoms with Crippen molar-refractivity contribution >= 4 is 33.9 Å².